The molecule has 1 amide bonds. The molecule has 122 valence electrons. The van der Waals surface area contributed by atoms with Crippen molar-refractivity contribution in [1.29, 1.82) is 0 Å². The number of hydrogen-bond acceptors (Lipinski definition) is 5. The van der Waals surface area contributed by atoms with Crippen LogP contribution in [0, 0.1) is 0 Å². The van der Waals surface area contributed by atoms with Gasteiger partial charge < -0.3 is 11.1 Å². The van der Waals surface area contributed by atoms with Crippen LogP contribution in [0.4, 0.5) is 5.82 Å². The van der Waals surface area contributed by atoms with Crippen molar-refractivity contribution in [3.05, 3.63) is 59.0 Å². The molecule has 0 aliphatic heterocycles. The van der Waals surface area contributed by atoms with Crippen LogP contribution in [-0.2, 0) is 13.6 Å². The van der Waals surface area contributed by atoms with E-state index >= 15 is 0 Å². The second-order valence-corrected chi connectivity index (χ2v) is 5.64. The fourth-order valence-electron chi connectivity index (χ4n) is 2.30. The summed E-state index contributed by atoms with van der Waals surface area (Å²) in [6, 6.07) is 9.38. The quantitative estimate of drug-likeness (QED) is 0.740. The number of nitrogens with one attached hydrogen (secondary N) is 1. The highest BCUT2D eigenvalue weighted by Gasteiger charge is 2.11. The van der Waals surface area contributed by atoms with Crippen molar-refractivity contribution < 1.29 is 4.79 Å². The number of nitrogens with two attached hydrogens (primary N) is 1. The lowest BCUT2D eigenvalue weighted by atomic mass is 10.1. The highest BCUT2D eigenvalue weighted by molar-refractivity contribution is 6.29. The van der Waals surface area contributed by atoms with Gasteiger partial charge in [-0.25, -0.2) is 0 Å². The highest BCUT2D eigenvalue weighted by atomic mass is 35.5. The number of carbonyl (C=O) groups is 1. The van der Waals surface area contributed by atoms with E-state index in [2.05, 4.69) is 20.6 Å². The molecule has 0 bridgehead atoms. The number of amides is 1. The molecule has 3 N–H and O–H groups in total. The van der Waals surface area contributed by atoms with Gasteiger partial charge in [0.1, 0.15) is 0 Å². The van der Waals surface area contributed by atoms with Crippen LogP contribution in [0.2, 0.25) is 5.15 Å². The molecule has 0 atom stereocenters. The van der Waals surface area contributed by atoms with Crippen LogP contribution in [-0.4, -0.2) is 25.9 Å². The summed E-state index contributed by atoms with van der Waals surface area (Å²) in [5.74, 6) is -0.308. The largest absolute Gasteiger partial charge is 0.365 e. The first kappa shape index (κ1) is 15.9. The van der Waals surface area contributed by atoms with E-state index in [1.165, 1.54) is 6.07 Å². The van der Waals surface area contributed by atoms with Crippen LogP contribution in [0.3, 0.4) is 0 Å². The Kier molecular flexibility index (Phi) is 4.43. The molecule has 0 saturated carbocycles. The predicted octanol–water partition coefficient (Wildman–Crippen LogP) is 2.24. The Morgan fingerprint density at radius 3 is 2.83 bits per heavy atom. The molecule has 24 heavy (non-hydrogen) atoms. The van der Waals surface area contributed by atoms with Gasteiger partial charge in [0.2, 0.25) is 0 Å². The number of hydrogen-bond donors (Lipinski definition) is 2. The standard InChI is InChI=1S/C16H15ClN6O/c1-23-9-12(8-20-23)11-4-2-3-10(5-11)7-19-16-13(15(18)24)6-14(17)21-22-16/h2-6,8-9H,7H2,1H3,(H2,18,24)(H,19,22). The Morgan fingerprint density at radius 2 is 2.12 bits per heavy atom. The summed E-state index contributed by atoms with van der Waals surface area (Å²) in [6.07, 6.45) is 3.75. The molecule has 0 fully saturated rings. The topological polar surface area (TPSA) is 98.7 Å². The van der Waals surface area contributed by atoms with Gasteiger partial charge in [-0.3, -0.25) is 9.48 Å². The maximum atomic E-state index is 11.5. The van der Waals surface area contributed by atoms with Crippen LogP contribution < -0.4 is 11.1 Å². The lowest BCUT2D eigenvalue weighted by Crippen LogP contribution is -2.16. The van der Waals surface area contributed by atoms with E-state index in [1.807, 2.05) is 43.7 Å². The zero-order chi connectivity index (χ0) is 17.1. The summed E-state index contributed by atoms with van der Waals surface area (Å²) in [5.41, 5.74) is 8.65. The highest BCUT2D eigenvalue weighted by Crippen LogP contribution is 2.21. The first-order chi connectivity index (χ1) is 11.5. The van der Waals surface area contributed by atoms with Gasteiger partial charge in [0.15, 0.2) is 11.0 Å². The lowest BCUT2D eigenvalue weighted by molar-refractivity contribution is 0.100. The Hall–Kier alpha value is -2.93. The molecular formula is C16H15ClN6O. The Labute approximate surface area is 143 Å². The molecule has 2 aromatic heterocycles. The smallest absolute Gasteiger partial charge is 0.252 e. The number of rotatable bonds is 5. The number of anilines is 1. The van der Waals surface area contributed by atoms with Gasteiger partial charge in [-0.15, -0.1) is 10.2 Å². The molecule has 8 heteroatoms. The summed E-state index contributed by atoms with van der Waals surface area (Å²) in [4.78, 5) is 11.5. The number of nitrogens with zero attached hydrogens (tertiary/aromatic N) is 4. The molecule has 0 spiro atoms. The Balaban J connectivity index is 1.79. The van der Waals surface area contributed by atoms with E-state index in [-0.39, 0.29) is 10.7 Å². The van der Waals surface area contributed by atoms with Crippen molar-refractivity contribution in [3.8, 4) is 11.1 Å². The number of benzene rings is 1. The number of aromatic nitrogens is 4. The normalized spacial score (nSPS) is 10.6. The van der Waals surface area contributed by atoms with Crippen LogP contribution >= 0.6 is 11.6 Å². The van der Waals surface area contributed by atoms with E-state index in [4.69, 9.17) is 17.3 Å². The van der Waals surface area contributed by atoms with Crippen molar-refractivity contribution in [2.24, 2.45) is 12.8 Å². The third-order valence-electron chi connectivity index (χ3n) is 3.45. The van der Waals surface area contributed by atoms with Crippen LogP contribution in [0.15, 0.2) is 42.7 Å². The summed E-state index contributed by atoms with van der Waals surface area (Å²) in [5, 5.41) is 15.0. The second kappa shape index (κ2) is 6.67. The second-order valence-electron chi connectivity index (χ2n) is 5.25. The molecule has 1 aromatic carbocycles. The molecule has 3 aromatic rings. The first-order valence-corrected chi connectivity index (χ1v) is 7.55. The van der Waals surface area contributed by atoms with Gasteiger partial charge in [-0.2, -0.15) is 5.10 Å². The van der Waals surface area contributed by atoms with Gasteiger partial charge in [-0.05, 0) is 23.3 Å². The molecule has 0 aliphatic carbocycles. The molecule has 0 saturated heterocycles. The number of aryl methyl sites for hydroxylation is 1. The van der Waals surface area contributed by atoms with E-state index in [0.29, 0.717) is 12.4 Å². The third-order valence-corrected chi connectivity index (χ3v) is 3.64. The van der Waals surface area contributed by atoms with Crippen molar-refractivity contribution in [3.63, 3.8) is 0 Å². The monoisotopic (exact) mass is 342 g/mol. The van der Waals surface area contributed by atoms with Gasteiger partial charge in [0.05, 0.1) is 11.8 Å². The van der Waals surface area contributed by atoms with Gasteiger partial charge in [0.25, 0.3) is 5.91 Å². The molecule has 7 nitrogen and oxygen atoms in total. The molecule has 0 aliphatic rings. The average molecular weight is 343 g/mol. The maximum Gasteiger partial charge on any atom is 0.252 e. The minimum Gasteiger partial charge on any atom is -0.365 e. The fourth-order valence-corrected chi connectivity index (χ4v) is 2.45. The number of halogens is 1. The number of primary amides is 1. The fraction of sp³-hybridized carbons (Fsp3) is 0.125. The predicted molar refractivity (Wildman–Crippen MR) is 91.5 cm³/mol. The zero-order valence-electron chi connectivity index (χ0n) is 12.9. The van der Waals surface area contributed by atoms with E-state index in [0.717, 1.165) is 16.7 Å². The molecular weight excluding hydrogens is 328 g/mol. The van der Waals surface area contributed by atoms with E-state index in [1.54, 1.807) is 4.68 Å². The van der Waals surface area contributed by atoms with Gasteiger partial charge >= 0.3 is 0 Å². The average Bonchev–Trinajstić information content (AvgIpc) is 3.00. The lowest BCUT2D eigenvalue weighted by Gasteiger charge is -2.09. The summed E-state index contributed by atoms with van der Waals surface area (Å²) in [6.45, 7) is 0.463. The minimum absolute atomic E-state index is 0.118. The molecule has 2 heterocycles. The third kappa shape index (κ3) is 3.52. The van der Waals surface area contributed by atoms with Crippen molar-refractivity contribution in [2.45, 2.75) is 6.54 Å². The van der Waals surface area contributed by atoms with Gasteiger partial charge in [-0.1, -0.05) is 29.8 Å². The summed E-state index contributed by atoms with van der Waals surface area (Å²) in [7, 11) is 1.87. The van der Waals surface area contributed by atoms with Crippen molar-refractivity contribution in [1.82, 2.24) is 20.0 Å². The zero-order valence-corrected chi connectivity index (χ0v) is 13.7. The van der Waals surface area contributed by atoms with Gasteiger partial charge in [0, 0.05) is 25.4 Å². The minimum atomic E-state index is -0.613. The first-order valence-electron chi connectivity index (χ1n) is 7.18. The summed E-state index contributed by atoms with van der Waals surface area (Å²) >= 11 is 5.75. The van der Waals surface area contributed by atoms with Crippen LogP contribution in [0.5, 0.6) is 0 Å². The molecule has 3 rings (SSSR count). The van der Waals surface area contributed by atoms with Crippen LogP contribution in [0.1, 0.15) is 15.9 Å². The maximum absolute atomic E-state index is 11.5. The Morgan fingerprint density at radius 1 is 1.29 bits per heavy atom. The Bertz CT molecular complexity index is 892. The SMILES string of the molecule is Cn1cc(-c2cccc(CNc3nnc(Cl)cc3C(N)=O)c2)cn1. The van der Waals surface area contributed by atoms with Crippen molar-refractivity contribution in [2.75, 3.05) is 5.32 Å². The van der Waals surface area contributed by atoms with E-state index < -0.39 is 5.91 Å². The molecule has 0 unspecified atom stereocenters. The summed E-state index contributed by atoms with van der Waals surface area (Å²) < 4.78 is 1.75. The van der Waals surface area contributed by atoms with Crippen molar-refractivity contribution >= 4 is 23.3 Å². The van der Waals surface area contributed by atoms with Crippen LogP contribution in [0.25, 0.3) is 11.1 Å². The number of carbonyl (C=O) groups excluding carboxylic acids is 1. The van der Waals surface area contributed by atoms with E-state index in [9.17, 15) is 4.79 Å². The molecule has 0 radical (unpaired) electrons.